The molecule has 0 atom stereocenters. The van der Waals surface area contributed by atoms with Crippen molar-refractivity contribution in [2.24, 2.45) is 0 Å². The van der Waals surface area contributed by atoms with Gasteiger partial charge in [0, 0.05) is 0 Å². The average Bonchev–Trinajstić information content (AvgIpc) is 2.83. The molecule has 37 heavy (non-hydrogen) atoms. The third-order valence-corrected chi connectivity index (χ3v) is 6.08. The molecule has 1 heterocycles. The van der Waals surface area contributed by atoms with Crippen molar-refractivity contribution >= 4 is 0 Å². The first-order valence-electron chi connectivity index (χ1n) is 11.4. The summed E-state index contributed by atoms with van der Waals surface area (Å²) < 4.78 is 48.5. The summed E-state index contributed by atoms with van der Waals surface area (Å²) in [5, 5.41) is 19.0. The smallest absolute Gasteiger partial charge is 0.417 e. The van der Waals surface area contributed by atoms with Gasteiger partial charge in [0.2, 0.25) is 0 Å². The fourth-order valence-electron chi connectivity index (χ4n) is 4.14. The van der Waals surface area contributed by atoms with Gasteiger partial charge in [0.1, 0.15) is 28.9 Å². The Hall–Kier alpha value is -4.51. The van der Waals surface area contributed by atoms with E-state index in [0.29, 0.717) is 22.6 Å². The second kappa shape index (κ2) is 9.86. The minimum Gasteiger partial charge on any atom is -0.508 e. The first-order chi connectivity index (χ1) is 17.5. The van der Waals surface area contributed by atoms with Gasteiger partial charge in [-0.3, -0.25) is 4.79 Å². The number of benzene rings is 3. The molecule has 8 heteroatoms. The number of rotatable bonds is 5. The Balaban J connectivity index is 1.83. The molecule has 0 aliphatic rings. The highest BCUT2D eigenvalue weighted by atomic mass is 19.4. The Labute approximate surface area is 211 Å². The van der Waals surface area contributed by atoms with E-state index >= 15 is 0 Å². The molecule has 0 spiro atoms. The van der Waals surface area contributed by atoms with Crippen LogP contribution in [0.15, 0.2) is 71.5 Å². The van der Waals surface area contributed by atoms with Crippen molar-refractivity contribution in [3.8, 4) is 34.6 Å². The van der Waals surface area contributed by atoms with E-state index in [-0.39, 0.29) is 18.0 Å². The average molecular weight is 505 g/mol. The molecule has 4 rings (SSSR count). The van der Waals surface area contributed by atoms with Crippen LogP contribution in [0, 0.1) is 32.1 Å². The molecule has 0 saturated heterocycles. The fourth-order valence-corrected chi connectivity index (χ4v) is 4.14. The predicted octanol–water partition coefficient (Wildman–Crippen LogP) is 6.88. The molecule has 1 N–H and O–H groups in total. The molecule has 4 aromatic rings. The second-order valence-corrected chi connectivity index (χ2v) is 8.83. The molecule has 0 saturated carbocycles. The highest BCUT2D eigenvalue weighted by Gasteiger charge is 2.36. The second-order valence-electron chi connectivity index (χ2n) is 8.83. The van der Waals surface area contributed by atoms with E-state index in [9.17, 15) is 28.3 Å². The van der Waals surface area contributed by atoms with E-state index in [4.69, 9.17) is 4.74 Å². The standard InChI is InChI=1S/C29H23F3N2O3/c1-17-4-5-21(18(2)12-17)16-34-26(14-25(29(30,31)32)24(15-33)28(34)36)20-6-9-23(10-7-20)37-27-11-8-22(35)13-19(27)3/h4-14,35H,16H2,1-3H3. The first kappa shape index (κ1) is 25.6. The number of nitrogens with zero attached hydrogens (tertiary/aromatic N) is 2. The quantitative estimate of drug-likeness (QED) is 0.322. The number of phenolic OH excluding ortho intramolecular Hbond substituents is 1. The molecule has 0 aliphatic carbocycles. The van der Waals surface area contributed by atoms with Crippen LogP contribution in [0.5, 0.6) is 17.2 Å². The van der Waals surface area contributed by atoms with Crippen molar-refractivity contribution in [2.75, 3.05) is 0 Å². The van der Waals surface area contributed by atoms with Gasteiger partial charge in [0.15, 0.2) is 0 Å². The fraction of sp³-hybridized carbons (Fsp3) is 0.172. The minimum absolute atomic E-state index is 0.00193. The molecule has 0 unspecified atom stereocenters. The van der Waals surface area contributed by atoms with E-state index in [1.807, 2.05) is 32.0 Å². The van der Waals surface area contributed by atoms with Crippen LogP contribution in [0.25, 0.3) is 11.3 Å². The molecule has 188 valence electrons. The molecule has 1 aromatic heterocycles. The molecule has 5 nitrogen and oxygen atoms in total. The van der Waals surface area contributed by atoms with Gasteiger partial charge in [0.25, 0.3) is 5.56 Å². The van der Waals surface area contributed by atoms with E-state index in [1.165, 1.54) is 16.7 Å². The molecule has 0 bridgehead atoms. The van der Waals surface area contributed by atoms with Gasteiger partial charge in [-0.2, -0.15) is 18.4 Å². The summed E-state index contributed by atoms with van der Waals surface area (Å²) in [6, 6.07) is 18.8. The van der Waals surface area contributed by atoms with Crippen LogP contribution in [-0.2, 0) is 12.7 Å². The van der Waals surface area contributed by atoms with Crippen molar-refractivity contribution in [1.82, 2.24) is 4.57 Å². The summed E-state index contributed by atoms with van der Waals surface area (Å²) in [6.45, 7) is 5.55. The van der Waals surface area contributed by atoms with Crippen LogP contribution in [0.2, 0.25) is 0 Å². The maximum atomic E-state index is 13.8. The Kier molecular flexibility index (Phi) is 6.82. The van der Waals surface area contributed by atoms with Gasteiger partial charge in [-0.25, -0.2) is 0 Å². The molecule has 0 fully saturated rings. The van der Waals surface area contributed by atoms with Crippen LogP contribution in [0.4, 0.5) is 13.2 Å². The van der Waals surface area contributed by atoms with E-state index < -0.39 is 22.9 Å². The van der Waals surface area contributed by atoms with Crippen molar-refractivity contribution in [3.63, 3.8) is 0 Å². The third kappa shape index (κ3) is 5.36. The zero-order valence-corrected chi connectivity index (χ0v) is 20.3. The Morgan fingerprint density at radius 1 is 0.946 bits per heavy atom. The lowest BCUT2D eigenvalue weighted by atomic mass is 10.0. The number of aromatic hydroxyl groups is 1. The molecule has 3 aromatic carbocycles. The normalized spacial score (nSPS) is 11.3. The van der Waals surface area contributed by atoms with E-state index in [1.54, 1.807) is 43.3 Å². The van der Waals surface area contributed by atoms with Gasteiger partial charge >= 0.3 is 6.18 Å². The lowest BCUT2D eigenvalue weighted by Crippen LogP contribution is -2.29. The monoisotopic (exact) mass is 504 g/mol. The van der Waals surface area contributed by atoms with Crippen LogP contribution in [0.3, 0.4) is 0 Å². The maximum absolute atomic E-state index is 13.8. The number of ether oxygens (including phenoxy) is 1. The van der Waals surface area contributed by atoms with Crippen molar-refractivity contribution in [3.05, 3.63) is 110 Å². The third-order valence-electron chi connectivity index (χ3n) is 6.08. The summed E-state index contributed by atoms with van der Waals surface area (Å²) >= 11 is 0. The lowest BCUT2D eigenvalue weighted by molar-refractivity contribution is -0.137. The topological polar surface area (TPSA) is 75.2 Å². The van der Waals surface area contributed by atoms with Crippen molar-refractivity contribution < 1.29 is 23.0 Å². The summed E-state index contributed by atoms with van der Waals surface area (Å²) in [6.07, 6.45) is -4.88. The Morgan fingerprint density at radius 3 is 2.24 bits per heavy atom. The number of pyridine rings is 1. The largest absolute Gasteiger partial charge is 0.508 e. The molecule has 0 amide bonds. The highest BCUT2D eigenvalue weighted by molar-refractivity contribution is 5.64. The van der Waals surface area contributed by atoms with Gasteiger partial charge < -0.3 is 14.4 Å². The van der Waals surface area contributed by atoms with Gasteiger partial charge in [-0.1, -0.05) is 23.8 Å². The predicted molar refractivity (Wildman–Crippen MR) is 134 cm³/mol. The number of alkyl halides is 3. The maximum Gasteiger partial charge on any atom is 0.417 e. The molecular formula is C29H23F3N2O3. The van der Waals surface area contributed by atoms with Gasteiger partial charge in [-0.15, -0.1) is 0 Å². The Bertz CT molecular complexity index is 1580. The number of phenols is 1. The lowest BCUT2D eigenvalue weighted by Gasteiger charge is -2.19. The SMILES string of the molecule is Cc1ccc(Cn2c(-c3ccc(Oc4ccc(O)cc4C)cc3)cc(C(F)(F)F)c(C#N)c2=O)c(C)c1. The van der Waals surface area contributed by atoms with Crippen molar-refractivity contribution in [1.29, 1.82) is 5.26 Å². The molecular weight excluding hydrogens is 481 g/mol. The number of aromatic nitrogens is 1. The van der Waals surface area contributed by atoms with E-state index in [2.05, 4.69) is 0 Å². The summed E-state index contributed by atoms with van der Waals surface area (Å²) in [5.41, 5.74) is 0.509. The summed E-state index contributed by atoms with van der Waals surface area (Å²) in [4.78, 5) is 13.2. The van der Waals surface area contributed by atoms with Crippen molar-refractivity contribution in [2.45, 2.75) is 33.5 Å². The van der Waals surface area contributed by atoms with Gasteiger partial charge in [0.05, 0.1) is 17.8 Å². The van der Waals surface area contributed by atoms with Gasteiger partial charge in [-0.05, 0) is 91.6 Å². The highest BCUT2D eigenvalue weighted by Crippen LogP contribution is 2.35. The number of nitriles is 1. The Morgan fingerprint density at radius 2 is 1.65 bits per heavy atom. The number of halogens is 3. The number of hydrogen-bond donors (Lipinski definition) is 1. The zero-order valence-electron chi connectivity index (χ0n) is 20.3. The van der Waals surface area contributed by atoms with Crippen LogP contribution in [-0.4, -0.2) is 9.67 Å². The number of aryl methyl sites for hydroxylation is 3. The molecule has 0 aliphatic heterocycles. The van der Waals surface area contributed by atoms with E-state index in [0.717, 1.165) is 22.8 Å². The van der Waals surface area contributed by atoms with Crippen LogP contribution in [0.1, 0.15) is 33.4 Å². The van der Waals surface area contributed by atoms with Crippen LogP contribution < -0.4 is 10.3 Å². The summed E-state index contributed by atoms with van der Waals surface area (Å²) in [7, 11) is 0. The minimum atomic E-state index is -4.88. The molecule has 0 radical (unpaired) electrons. The summed E-state index contributed by atoms with van der Waals surface area (Å²) in [5.74, 6) is 1.03. The zero-order chi connectivity index (χ0) is 26.9. The first-order valence-corrected chi connectivity index (χ1v) is 11.4. The van der Waals surface area contributed by atoms with Crippen LogP contribution >= 0.6 is 0 Å². The number of hydrogen-bond acceptors (Lipinski definition) is 4.